The number of guanidine groups is 1. The Morgan fingerprint density at radius 3 is 2.73 bits per heavy atom. The smallest absolute Gasteiger partial charge is 0.191 e. The zero-order chi connectivity index (χ0) is 16.2. The van der Waals surface area contributed by atoms with Gasteiger partial charge in [-0.15, -0.1) is 0 Å². The van der Waals surface area contributed by atoms with E-state index in [1.807, 2.05) is 24.4 Å². The number of aromatic nitrogens is 1. The van der Waals surface area contributed by atoms with E-state index in [1.54, 1.807) is 14.2 Å². The molecule has 22 heavy (non-hydrogen) atoms. The Morgan fingerprint density at radius 1 is 1.41 bits per heavy atom. The summed E-state index contributed by atoms with van der Waals surface area (Å²) in [6.07, 6.45) is 3.69. The van der Waals surface area contributed by atoms with Crippen molar-refractivity contribution in [3.8, 4) is 0 Å². The number of nitrogens with zero attached hydrogens (tertiary/aromatic N) is 2. The minimum atomic E-state index is -0.0719. The number of aliphatic imine (C=N–C) groups is 1. The van der Waals surface area contributed by atoms with Gasteiger partial charge in [-0.3, -0.25) is 9.98 Å². The van der Waals surface area contributed by atoms with Crippen LogP contribution < -0.4 is 10.6 Å². The summed E-state index contributed by atoms with van der Waals surface area (Å²) in [7, 11) is 3.59. The van der Waals surface area contributed by atoms with Crippen molar-refractivity contribution in [2.24, 2.45) is 10.4 Å². The van der Waals surface area contributed by atoms with E-state index >= 15 is 0 Å². The maximum Gasteiger partial charge on any atom is 0.191 e. The lowest BCUT2D eigenvalue weighted by atomic mass is 9.56. The predicted molar refractivity (Wildman–Crippen MR) is 90.0 cm³/mol. The van der Waals surface area contributed by atoms with Gasteiger partial charge in [-0.05, 0) is 25.5 Å². The van der Waals surface area contributed by atoms with E-state index in [4.69, 9.17) is 4.74 Å². The number of hydrogen-bond acceptors (Lipinski definition) is 3. The average Bonchev–Trinajstić information content (AvgIpc) is 2.53. The highest BCUT2D eigenvalue weighted by Gasteiger charge is 2.57. The SMILES string of the molecule is CN=C(NCCc1ccccn1)NC1CC(C)(OC)C1(C)C. The van der Waals surface area contributed by atoms with Gasteiger partial charge in [-0.1, -0.05) is 19.9 Å². The second-order valence-corrected chi connectivity index (χ2v) is 6.63. The van der Waals surface area contributed by atoms with Gasteiger partial charge in [0.15, 0.2) is 5.96 Å². The fourth-order valence-corrected chi connectivity index (χ4v) is 2.94. The molecule has 0 spiro atoms. The summed E-state index contributed by atoms with van der Waals surface area (Å²) in [5.41, 5.74) is 1.08. The lowest BCUT2D eigenvalue weighted by Crippen LogP contribution is -2.69. The van der Waals surface area contributed by atoms with Crippen LogP contribution in [-0.2, 0) is 11.2 Å². The number of pyridine rings is 1. The Bertz CT molecular complexity index is 515. The Hall–Kier alpha value is -1.62. The van der Waals surface area contributed by atoms with Gasteiger partial charge in [0.2, 0.25) is 0 Å². The number of nitrogens with one attached hydrogen (secondary N) is 2. The van der Waals surface area contributed by atoms with Crippen LogP contribution in [0.1, 0.15) is 32.9 Å². The second kappa shape index (κ2) is 6.65. The molecule has 1 aromatic rings. The summed E-state index contributed by atoms with van der Waals surface area (Å²) in [5, 5.41) is 6.87. The van der Waals surface area contributed by atoms with Crippen molar-refractivity contribution in [2.75, 3.05) is 20.7 Å². The minimum absolute atomic E-state index is 0.0698. The quantitative estimate of drug-likeness (QED) is 0.645. The van der Waals surface area contributed by atoms with Crippen molar-refractivity contribution in [3.05, 3.63) is 30.1 Å². The Balaban J connectivity index is 1.82. The molecule has 1 saturated carbocycles. The van der Waals surface area contributed by atoms with E-state index in [9.17, 15) is 0 Å². The number of methoxy groups -OCH3 is 1. The van der Waals surface area contributed by atoms with Gasteiger partial charge < -0.3 is 15.4 Å². The molecule has 2 N–H and O–H groups in total. The summed E-state index contributed by atoms with van der Waals surface area (Å²) >= 11 is 0. The first-order valence-electron chi connectivity index (χ1n) is 7.85. The molecule has 1 aliphatic carbocycles. The Kier molecular flexibility index (Phi) is 5.06. The number of rotatable bonds is 5. The van der Waals surface area contributed by atoms with Crippen LogP contribution in [0.4, 0.5) is 0 Å². The van der Waals surface area contributed by atoms with Crippen LogP contribution in [0.15, 0.2) is 29.4 Å². The normalized spacial score (nSPS) is 27.1. The molecule has 0 saturated heterocycles. The molecule has 5 heteroatoms. The van der Waals surface area contributed by atoms with Gasteiger partial charge in [0.25, 0.3) is 0 Å². The fourth-order valence-electron chi connectivity index (χ4n) is 2.94. The molecule has 122 valence electrons. The van der Waals surface area contributed by atoms with E-state index in [1.165, 1.54) is 0 Å². The van der Waals surface area contributed by atoms with Crippen molar-refractivity contribution in [1.82, 2.24) is 15.6 Å². The van der Waals surface area contributed by atoms with Crippen LogP contribution in [0.25, 0.3) is 0 Å². The summed E-state index contributed by atoms with van der Waals surface area (Å²) in [5.74, 6) is 0.840. The summed E-state index contributed by atoms with van der Waals surface area (Å²) < 4.78 is 5.66. The summed E-state index contributed by atoms with van der Waals surface area (Å²) in [6, 6.07) is 6.34. The molecule has 2 atom stereocenters. The zero-order valence-corrected chi connectivity index (χ0v) is 14.3. The number of ether oxygens (including phenoxy) is 1. The molecule has 0 bridgehead atoms. The highest BCUT2D eigenvalue weighted by atomic mass is 16.5. The van der Waals surface area contributed by atoms with Gasteiger partial charge in [0.1, 0.15) is 0 Å². The first-order chi connectivity index (χ1) is 10.4. The third-order valence-electron chi connectivity index (χ3n) is 5.21. The Labute approximate surface area is 133 Å². The molecule has 1 heterocycles. The van der Waals surface area contributed by atoms with E-state index in [0.29, 0.717) is 6.04 Å². The highest BCUT2D eigenvalue weighted by Crippen LogP contribution is 2.51. The molecule has 2 rings (SSSR count). The van der Waals surface area contributed by atoms with Crippen molar-refractivity contribution in [1.29, 1.82) is 0 Å². The van der Waals surface area contributed by atoms with E-state index in [2.05, 4.69) is 41.4 Å². The van der Waals surface area contributed by atoms with Crippen LogP contribution >= 0.6 is 0 Å². The molecular formula is C17H28N4O. The van der Waals surface area contributed by atoms with Gasteiger partial charge >= 0.3 is 0 Å². The largest absolute Gasteiger partial charge is 0.378 e. The maximum atomic E-state index is 5.66. The molecule has 1 aromatic heterocycles. The molecule has 1 fully saturated rings. The van der Waals surface area contributed by atoms with Crippen molar-refractivity contribution in [2.45, 2.75) is 45.3 Å². The third-order valence-corrected chi connectivity index (χ3v) is 5.21. The van der Waals surface area contributed by atoms with Gasteiger partial charge in [0, 0.05) is 50.5 Å². The minimum Gasteiger partial charge on any atom is -0.378 e. The first-order valence-corrected chi connectivity index (χ1v) is 7.85. The first kappa shape index (κ1) is 16.7. The van der Waals surface area contributed by atoms with Crippen molar-refractivity contribution in [3.63, 3.8) is 0 Å². The lowest BCUT2D eigenvalue weighted by Gasteiger charge is -2.59. The van der Waals surface area contributed by atoms with Gasteiger partial charge in [-0.2, -0.15) is 0 Å². The highest BCUT2D eigenvalue weighted by molar-refractivity contribution is 5.80. The molecular weight excluding hydrogens is 276 g/mol. The number of hydrogen-bond donors (Lipinski definition) is 2. The van der Waals surface area contributed by atoms with Gasteiger partial charge in [-0.25, -0.2) is 0 Å². The molecule has 1 aliphatic rings. The standard InChI is InChI=1S/C17H28N4O/c1-16(2)14(12-17(16,3)22-5)21-15(18-4)20-11-9-13-8-6-7-10-19-13/h6-8,10,14H,9,11-12H2,1-5H3,(H2,18,20,21). The monoisotopic (exact) mass is 304 g/mol. The summed E-state index contributed by atoms with van der Waals surface area (Å²) in [4.78, 5) is 8.64. The zero-order valence-electron chi connectivity index (χ0n) is 14.3. The van der Waals surface area contributed by atoms with Crippen LogP contribution in [0.2, 0.25) is 0 Å². The van der Waals surface area contributed by atoms with Crippen LogP contribution in [0.5, 0.6) is 0 Å². The van der Waals surface area contributed by atoms with E-state index in [0.717, 1.165) is 31.0 Å². The molecule has 5 nitrogen and oxygen atoms in total. The van der Waals surface area contributed by atoms with Gasteiger partial charge in [0.05, 0.1) is 5.60 Å². The van der Waals surface area contributed by atoms with E-state index < -0.39 is 0 Å². The summed E-state index contributed by atoms with van der Waals surface area (Å²) in [6.45, 7) is 7.45. The van der Waals surface area contributed by atoms with Crippen LogP contribution in [0.3, 0.4) is 0 Å². The molecule has 0 amide bonds. The van der Waals surface area contributed by atoms with E-state index in [-0.39, 0.29) is 11.0 Å². The fraction of sp³-hybridized carbons (Fsp3) is 0.647. The lowest BCUT2D eigenvalue weighted by molar-refractivity contribution is -0.176. The molecule has 0 aromatic carbocycles. The molecule has 0 aliphatic heterocycles. The Morgan fingerprint density at radius 2 is 2.18 bits per heavy atom. The second-order valence-electron chi connectivity index (χ2n) is 6.63. The molecule has 2 unspecified atom stereocenters. The predicted octanol–water partition coefficient (Wildman–Crippen LogP) is 1.99. The third kappa shape index (κ3) is 3.24. The topological polar surface area (TPSA) is 58.5 Å². The maximum absolute atomic E-state index is 5.66. The average molecular weight is 304 g/mol. The van der Waals surface area contributed by atoms with Crippen molar-refractivity contribution >= 4 is 5.96 Å². The van der Waals surface area contributed by atoms with Crippen LogP contribution in [-0.4, -0.2) is 43.3 Å². The van der Waals surface area contributed by atoms with Crippen molar-refractivity contribution < 1.29 is 4.74 Å². The molecule has 0 radical (unpaired) electrons. The van der Waals surface area contributed by atoms with Crippen LogP contribution in [0, 0.1) is 5.41 Å².